The number of amides is 1. The fourth-order valence-corrected chi connectivity index (χ4v) is 3.17. The van der Waals surface area contributed by atoms with Gasteiger partial charge < -0.3 is 31.4 Å². The summed E-state index contributed by atoms with van der Waals surface area (Å²) >= 11 is 0. The maximum atomic E-state index is 12.2. The maximum Gasteiger partial charge on any atom is 0.328 e. The molecular weight excluding hydrogens is 428 g/mol. The van der Waals surface area contributed by atoms with Crippen LogP contribution in [0, 0.1) is 0 Å². The molecule has 6 N–H and O–H groups in total. The number of aliphatic hydroxyl groups excluding tert-OH is 1. The second kappa shape index (κ2) is 20.3. The fraction of sp³-hybridized carbons (Fsp3) is 0.826. The number of nitrogens with zero attached hydrogens (tertiary/aromatic N) is 1. The molecule has 0 fully saturated rings. The number of unbranched alkanes of at least 4 members (excludes halogenated alkanes) is 8. The maximum absolute atomic E-state index is 12.2. The molecule has 0 spiro atoms. The highest BCUT2D eigenvalue weighted by Crippen LogP contribution is 2.11. The van der Waals surface area contributed by atoms with Gasteiger partial charge in [-0.05, 0) is 19.3 Å². The third-order valence-electron chi connectivity index (χ3n) is 4.95. The van der Waals surface area contributed by atoms with Crippen LogP contribution in [0.25, 0.3) is 0 Å². The number of guanidine groups is 1. The van der Waals surface area contributed by atoms with Crippen LogP contribution in [0.15, 0.2) is 4.99 Å². The Morgan fingerprint density at radius 1 is 0.909 bits per heavy atom. The molecule has 10 nitrogen and oxygen atoms in total. The van der Waals surface area contributed by atoms with Crippen LogP contribution in [0.3, 0.4) is 0 Å². The number of ether oxygens (including phenoxy) is 2. The molecule has 0 aromatic carbocycles. The highest BCUT2D eigenvalue weighted by Gasteiger charge is 2.22. The highest BCUT2D eigenvalue weighted by molar-refractivity contribution is 5.83. The van der Waals surface area contributed by atoms with E-state index in [9.17, 15) is 19.5 Å². The summed E-state index contributed by atoms with van der Waals surface area (Å²) in [6.45, 7) is 3.21. The molecule has 0 aliphatic heterocycles. The molecule has 0 aromatic rings. The van der Waals surface area contributed by atoms with Crippen LogP contribution >= 0.6 is 0 Å². The van der Waals surface area contributed by atoms with Crippen LogP contribution in [0.1, 0.15) is 90.9 Å². The van der Waals surface area contributed by atoms with Gasteiger partial charge in [-0.1, -0.05) is 58.3 Å². The van der Waals surface area contributed by atoms with Gasteiger partial charge in [0.1, 0.15) is 25.4 Å². The van der Waals surface area contributed by atoms with E-state index in [4.69, 9.17) is 20.9 Å². The van der Waals surface area contributed by atoms with Crippen LogP contribution in [0.4, 0.5) is 0 Å². The summed E-state index contributed by atoms with van der Waals surface area (Å²) in [6.07, 6.45) is 10.3. The van der Waals surface area contributed by atoms with E-state index in [1.165, 1.54) is 45.4 Å². The van der Waals surface area contributed by atoms with Crippen LogP contribution in [-0.4, -0.2) is 60.8 Å². The lowest BCUT2D eigenvalue weighted by Gasteiger charge is -2.18. The van der Waals surface area contributed by atoms with Gasteiger partial charge in [0.25, 0.3) is 0 Å². The van der Waals surface area contributed by atoms with E-state index in [0.29, 0.717) is 19.4 Å². The van der Waals surface area contributed by atoms with Crippen molar-refractivity contribution in [2.75, 3.05) is 19.8 Å². The number of nitrogens with two attached hydrogens (primary N) is 2. The van der Waals surface area contributed by atoms with Gasteiger partial charge in [-0.3, -0.25) is 14.6 Å². The standard InChI is InChI=1S/C23H44N4O6/c1-3-4-5-6-7-8-9-10-11-14-21(30)32-16-19(29)17-33-22(31)20(27-18(2)28)13-12-15-26-23(24)25/h19-20,29H,3-17H2,1-2H3,(H,27,28)(H4,24,25,26)/t19?,20-/m0/s1. The minimum absolute atomic E-state index is 0.0517. The largest absolute Gasteiger partial charge is 0.463 e. The molecule has 0 bridgehead atoms. The monoisotopic (exact) mass is 472 g/mol. The third kappa shape index (κ3) is 20.0. The second-order valence-corrected chi connectivity index (χ2v) is 8.25. The number of nitrogens with one attached hydrogen (secondary N) is 1. The quantitative estimate of drug-likeness (QED) is 0.0902. The third-order valence-corrected chi connectivity index (χ3v) is 4.95. The molecule has 0 heterocycles. The average molecular weight is 473 g/mol. The molecule has 192 valence electrons. The van der Waals surface area contributed by atoms with E-state index < -0.39 is 18.1 Å². The number of carbonyl (C=O) groups is 3. The van der Waals surface area contributed by atoms with Crippen molar-refractivity contribution in [3.05, 3.63) is 0 Å². The van der Waals surface area contributed by atoms with Crippen molar-refractivity contribution < 1.29 is 29.0 Å². The number of aliphatic hydroxyl groups is 1. The Morgan fingerprint density at radius 3 is 2.06 bits per heavy atom. The first-order valence-electron chi connectivity index (χ1n) is 12.1. The first kappa shape index (κ1) is 30.6. The molecule has 0 aromatic heterocycles. The normalized spacial score (nSPS) is 12.5. The summed E-state index contributed by atoms with van der Waals surface area (Å²) in [6, 6.07) is -0.877. The zero-order valence-corrected chi connectivity index (χ0v) is 20.4. The lowest BCUT2D eigenvalue weighted by atomic mass is 10.1. The van der Waals surface area contributed by atoms with Crippen molar-refractivity contribution >= 4 is 23.8 Å². The second-order valence-electron chi connectivity index (χ2n) is 8.25. The van der Waals surface area contributed by atoms with Crippen molar-refractivity contribution in [2.24, 2.45) is 16.5 Å². The smallest absolute Gasteiger partial charge is 0.328 e. The lowest BCUT2D eigenvalue weighted by Crippen LogP contribution is -2.42. The minimum atomic E-state index is -1.14. The molecule has 0 radical (unpaired) electrons. The molecular formula is C23H44N4O6. The van der Waals surface area contributed by atoms with E-state index in [0.717, 1.165) is 19.3 Å². The van der Waals surface area contributed by atoms with Gasteiger partial charge in [0.15, 0.2) is 5.96 Å². The van der Waals surface area contributed by atoms with Gasteiger partial charge in [-0.2, -0.15) is 0 Å². The van der Waals surface area contributed by atoms with E-state index >= 15 is 0 Å². The van der Waals surface area contributed by atoms with Gasteiger partial charge in [0.2, 0.25) is 5.91 Å². The Balaban J connectivity index is 3.98. The molecule has 33 heavy (non-hydrogen) atoms. The number of carbonyl (C=O) groups excluding carboxylic acids is 3. The van der Waals surface area contributed by atoms with Crippen LogP contribution in [0.5, 0.6) is 0 Å². The van der Waals surface area contributed by atoms with E-state index in [-0.39, 0.29) is 37.5 Å². The molecule has 0 rings (SSSR count). The Hall–Kier alpha value is -2.36. The summed E-state index contributed by atoms with van der Waals surface area (Å²) < 4.78 is 10.1. The number of hydrogen-bond donors (Lipinski definition) is 4. The number of esters is 2. The molecule has 2 atom stereocenters. The van der Waals surface area contributed by atoms with Crippen molar-refractivity contribution in [1.29, 1.82) is 0 Å². The lowest BCUT2D eigenvalue weighted by molar-refractivity contribution is -0.154. The van der Waals surface area contributed by atoms with Gasteiger partial charge >= 0.3 is 11.9 Å². The predicted octanol–water partition coefficient (Wildman–Crippen LogP) is 1.91. The number of aliphatic imine (C=N–C) groups is 1. The van der Waals surface area contributed by atoms with Crippen molar-refractivity contribution in [3.63, 3.8) is 0 Å². The first-order valence-corrected chi connectivity index (χ1v) is 12.1. The molecule has 0 aliphatic rings. The Kier molecular flexibility index (Phi) is 18.8. The molecule has 0 aliphatic carbocycles. The van der Waals surface area contributed by atoms with E-state index in [2.05, 4.69) is 17.2 Å². The van der Waals surface area contributed by atoms with Gasteiger partial charge in [-0.25, -0.2) is 4.79 Å². The molecule has 1 unspecified atom stereocenters. The summed E-state index contributed by atoms with van der Waals surface area (Å²) in [5.74, 6) is -1.50. The van der Waals surface area contributed by atoms with E-state index in [1.807, 2.05) is 0 Å². The Bertz CT molecular complexity index is 581. The van der Waals surface area contributed by atoms with Gasteiger partial charge in [0.05, 0.1) is 0 Å². The topological polar surface area (TPSA) is 166 Å². The summed E-state index contributed by atoms with van der Waals surface area (Å²) in [7, 11) is 0. The molecule has 10 heteroatoms. The Morgan fingerprint density at radius 2 is 1.48 bits per heavy atom. The summed E-state index contributed by atoms with van der Waals surface area (Å²) in [5.41, 5.74) is 10.5. The number of hydrogen-bond acceptors (Lipinski definition) is 7. The summed E-state index contributed by atoms with van der Waals surface area (Å²) in [4.78, 5) is 39.1. The van der Waals surface area contributed by atoms with Gasteiger partial charge in [0, 0.05) is 19.9 Å². The van der Waals surface area contributed by atoms with Crippen LogP contribution in [0.2, 0.25) is 0 Å². The summed E-state index contributed by atoms with van der Waals surface area (Å²) in [5, 5.41) is 12.4. The zero-order valence-electron chi connectivity index (χ0n) is 20.4. The van der Waals surface area contributed by atoms with Crippen LogP contribution in [-0.2, 0) is 23.9 Å². The SMILES string of the molecule is CCCCCCCCCCCC(=O)OCC(O)COC(=O)[C@H](CCCN=C(N)N)NC(C)=O. The van der Waals surface area contributed by atoms with E-state index in [1.54, 1.807) is 0 Å². The average Bonchev–Trinajstić information content (AvgIpc) is 2.76. The predicted molar refractivity (Wildman–Crippen MR) is 127 cm³/mol. The fourth-order valence-electron chi connectivity index (χ4n) is 3.17. The van der Waals surface area contributed by atoms with Crippen molar-refractivity contribution in [1.82, 2.24) is 5.32 Å². The number of rotatable bonds is 20. The molecule has 0 saturated heterocycles. The van der Waals surface area contributed by atoms with Gasteiger partial charge in [-0.15, -0.1) is 0 Å². The zero-order chi connectivity index (χ0) is 24.9. The minimum Gasteiger partial charge on any atom is -0.463 e. The highest BCUT2D eigenvalue weighted by atomic mass is 16.6. The van der Waals surface area contributed by atoms with Crippen LogP contribution < -0.4 is 16.8 Å². The molecule has 1 amide bonds. The molecule has 0 saturated carbocycles. The Labute approximate surface area is 197 Å². The first-order chi connectivity index (χ1) is 15.8. The van der Waals surface area contributed by atoms with Crippen molar-refractivity contribution in [3.8, 4) is 0 Å². The van der Waals surface area contributed by atoms with Crippen molar-refractivity contribution in [2.45, 2.75) is 103 Å².